The highest BCUT2D eigenvalue weighted by Crippen LogP contribution is 2.24. The van der Waals surface area contributed by atoms with Gasteiger partial charge in [-0.2, -0.15) is 0 Å². The fraction of sp³-hybridized carbons (Fsp3) is 0.333. The highest BCUT2D eigenvalue weighted by molar-refractivity contribution is 5.46. The summed E-state index contributed by atoms with van der Waals surface area (Å²) in [4.78, 5) is 12.3. The summed E-state index contributed by atoms with van der Waals surface area (Å²) in [5.41, 5.74) is 2.26. The topological polar surface area (TPSA) is 76.9 Å². The zero-order chi connectivity index (χ0) is 17.8. The van der Waals surface area contributed by atoms with Gasteiger partial charge in [-0.25, -0.2) is 0 Å². The van der Waals surface area contributed by atoms with Crippen LogP contribution in [0.15, 0.2) is 48.5 Å². The fourth-order valence-corrected chi connectivity index (χ4v) is 2.62. The third-order valence-corrected chi connectivity index (χ3v) is 4.06. The Labute approximate surface area is 146 Å². The van der Waals surface area contributed by atoms with Gasteiger partial charge >= 0.3 is 0 Å². The van der Waals surface area contributed by atoms with Crippen molar-refractivity contribution in [3.63, 3.8) is 0 Å². The number of nitrogens with zero attached hydrogens (tertiary/aromatic N) is 2. The molecule has 2 aromatic rings. The molecule has 2 aromatic carbocycles. The molecule has 1 saturated heterocycles. The predicted molar refractivity (Wildman–Crippen MR) is 95.0 cm³/mol. The van der Waals surface area contributed by atoms with Gasteiger partial charge in [0.15, 0.2) is 0 Å². The third kappa shape index (κ3) is 4.26. The SMILES string of the molecule is CN(C)c1ccc([C@@H]2NC[C@H](COc3ccc([N+](=O)[O-])cc3)O2)cc1. The van der Waals surface area contributed by atoms with Crippen LogP contribution < -0.4 is 15.0 Å². The van der Waals surface area contributed by atoms with Crippen molar-refractivity contribution in [1.29, 1.82) is 0 Å². The Kier molecular flexibility index (Phi) is 5.16. The van der Waals surface area contributed by atoms with Crippen LogP contribution in [-0.4, -0.2) is 38.3 Å². The molecule has 0 radical (unpaired) electrons. The quantitative estimate of drug-likeness (QED) is 0.642. The molecule has 1 aliphatic heterocycles. The Bertz CT molecular complexity index is 716. The van der Waals surface area contributed by atoms with E-state index in [9.17, 15) is 10.1 Å². The van der Waals surface area contributed by atoms with Crippen molar-refractivity contribution in [2.24, 2.45) is 0 Å². The number of nitro benzene ring substituents is 1. The van der Waals surface area contributed by atoms with Gasteiger partial charge in [0, 0.05) is 38.5 Å². The molecule has 3 rings (SSSR count). The summed E-state index contributed by atoms with van der Waals surface area (Å²) in [7, 11) is 4.01. The van der Waals surface area contributed by atoms with Gasteiger partial charge < -0.3 is 14.4 Å². The molecule has 0 spiro atoms. The summed E-state index contributed by atoms with van der Waals surface area (Å²) in [5.74, 6) is 0.591. The first-order valence-corrected chi connectivity index (χ1v) is 8.06. The number of nitrogens with one attached hydrogen (secondary N) is 1. The third-order valence-electron chi connectivity index (χ3n) is 4.06. The molecule has 0 bridgehead atoms. The van der Waals surface area contributed by atoms with Crippen molar-refractivity contribution in [2.75, 3.05) is 32.1 Å². The zero-order valence-corrected chi connectivity index (χ0v) is 14.2. The normalized spacial score (nSPS) is 19.6. The molecule has 0 saturated carbocycles. The Morgan fingerprint density at radius 2 is 1.88 bits per heavy atom. The van der Waals surface area contributed by atoms with E-state index in [2.05, 4.69) is 17.4 Å². The monoisotopic (exact) mass is 343 g/mol. The van der Waals surface area contributed by atoms with Crippen LogP contribution >= 0.6 is 0 Å². The lowest BCUT2D eigenvalue weighted by atomic mass is 10.2. The van der Waals surface area contributed by atoms with E-state index in [-0.39, 0.29) is 18.0 Å². The second-order valence-corrected chi connectivity index (χ2v) is 6.09. The molecule has 2 atom stereocenters. The fourth-order valence-electron chi connectivity index (χ4n) is 2.62. The summed E-state index contributed by atoms with van der Waals surface area (Å²) in [5, 5.41) is 14.0. The zero-order valence-electron chi connectivity index (χ0n) is 14.2. The van der Waals surface area contributed by atoms with Gasteiger partial charge in [-0.3, -0.25) is 15.4 Å². The molecule has 0 aliphatic carbocycles. The van der Waals surface area contributed by atoms with E-state index in [4.69, 9.17) is 9.47 Å². The number of rotatable bonds is 6. The first-order valence-electron chi connectivity index (χ1n) is 8.06. The number of benzene rings is 2. The van der Waals surface area contributed by atoms with E-state index >= 15 is 0 Å². The summed E-state index contributed by atoms with van der Waals surface area (Å²) >= 11 is 0. The Morgan fingerprint density at radius 3 is 2.48 bits per heavy atom. The maximum atomic E-state index is 10.6. The molecule has 0 aromatic heterocycles. The molecule has 0 amide bonds. The maximum Gasteiger partial charge on any atom is 0.269 e. The number of non-ortho nitro benzene ring substituents is 1. The number of ether oxygens (including phenoxy) is 2. The van der Waals surface area contributed by atoms with Gasteiger partial charge in [0.1, 0.15) is 24.7 Å². The number of anilines is 1. The molecule has 0 unspecified atom stereocenters. The van der Waals surface area contributed by atoms with Crippen molar-refractivity contribution in [3.05, 3.63) is 64.2 Å². The minimum Gasteiger partial charge on any atom is -0.491 e. The average molecular weight is 343 g/mol. The van der Waals surface area contributed by atoms with Crippen molar-refractivity contribution < 1.29 is 14.4 Å². The van der Waals surface area contributed by atoms with E-state index in [1.165, 1.54) is 12.1 Å². The summed E-state index contributed by atoms with van der Waals surface area (Å²) in [6.45, 7) is 1.07. The largest absolute Gasteiger partial charge is 0.491 e. The maximum absolute atomic E-state index is 10.6. The second kappa shape index (κ2) is 7.50. The Hall–Kier alpha value is -2.64. The van der Waals surface area contributed by atoms with Crippen LogP contribution in [0.3, 0.4) is 0 Å². The van der Waals surface area contributed by atoms with Gasteiger partial charge in [-0.05, 0) is 29.8 Å². The second-order valence-electron chi connectivity index (χ2n) is 6.09. The van der Waals surface area contributed by atoms with Crippen LogP contribution in [0.4, 0.5) is 11.4 Å². The minimum atomic E-state index is -0.431. The van der Waals surface area contributed by atoms with Crippen LogP contribution in [0.5, 0.6) is 5.75 Å². The highest BCUT2D eigenvalue weighted by atomic mass is 16.6. The predicted octanol–water partition coefficient (Wildman–Crippen LogP) is 2.73. The van der Waals surface area contributed by atoms with Crippen molar-refractivity contribution in [2.45, 2.75) is 12.3 Å². The highest BCUT2D eigenvalue weighted by Gasteiger charge is 2.26. The molecule has 132 valence electrons. The minimum absolute atomic E-state index is 0.0485. The van der Waals surface area contributed by atoms with Crippen LogP contribution in [0, 0.1) is 10.1 Å². The lowest BCUT2D eigenvalue weighted by Crippen LogP contribution is -2.21. The van der Waals surface area contributed by atoms with E-state index in [0.717, 1.165) is 11.3 Å². The van der Waals surface area contributed by atoms with Crippen molar-refractivity contribution >= 4 is 11.4 Å². The van der Waals surface area contributed by atoms with Crippen molar-refractivity contribution in [3.8, 4) is 5.75 Å². The van der Waals surface area contributed by atoms with Gasteiger partial charge in [0.25, 0.3) is 5.69 Å². The van der Waals surface area contributed by atoms with Gasteiger partial charge in [-0.15, -0.1) is 0 Å². The lowest BCUT2D eigenvalue weighted by molar-refractivity contribution is -0.384. The summed E-state index contributed by atoms with van der Waals surface area (Å²) in [6, 6.07) is 14.3. The number of hydrogen-bond acceptors (Lipinski definition) is 6. The Morgan fingerprint density at radius 1 is 1.20 bits per heavy atom. The van der Waals surface area contributed by atoms with Gasteiger partial charge in [0.05, 0.1) is 4.92 Å². The smallest absolute Gasteiger partial charge is 0.269 e. The van der Waals surface area contributed by atoms with E-state index in [1.54, 1.807) is 12.1 Å². The van der Waals surface area contributed by atoms with Crippen LogP contribution in [0.1, 0.15) is 11.8 Å². The molecule has 1 N–H and O–H groups in total. The van der Waals surface area contributed by atoms with Crippen molar-refractivity contribution in [1.82, 2.24) is 5.32 Å². The first-order chi connectivity index (χ1) is 12.0. The van der Waals surface area contributed by atoms with E-state index in [1.807, 2.05) is 31.1 Å². The van der Waals surface area contributed by atoms with Gasteiger partial charge in [-0.1, -0.05) is 12.1 Å². The Balaban J connectivity index is 1.51. The molecular weight excluding hydrogens is 322 g/mol. The van der Waals surface area contributed by atoms with E-state index in [0.29, 0.717) is 18.9 Å². The van der Waals surface area contributed by atoms with Crippen LogP contribution in [0.2, 0.25) is 0 Å². The molecule has 1 heterocycles. The number of hydrogen-bond donors (Lipinski definition) is 1. The van der Waals surface area contributed by atoms with Gasteiger partial charge in [0.2, 0.25) is 0 Å². The van der Waals surface area contributed by atoms with Crippen LogP contribution in [0.25, 0.3) is 0 Å². The first kappa shape index (κ1) is 17.2. The molecule has 1 fully saturated rings. The number of nitro groups is 1. The average Bonchev–Trinajstić information content (AvgIpc) is 3.09. The standard InChI is InChI=1S/C18H21N3O4/c1-20(2)14-5-3-13(4-6-14)18-19-11-17(25-18)12-24-16-9-7-15(8-10-16)21(22)23/h3-10,17-19H,11-12H2,1-2H3/t17-,18-/m1/s1. The lowest BCUT2D eigenvalue weighted by Gasteiger charge is -2.16. The molecular formula is C18H21N3O4. The van der Waals surface area contributed by atoms with E-state index < -0.39 is 4.92 Å². The molecule has 25 heavy (non-hydrogen) atoms. The van der Waals surface area contributed by atoms with Crippen LogP contribution in [-0.2, 0) is 4.74 Å². The molecule has 7 heteroatoms. The summed E-state index contributed by atoms with van der Waals surface area (Å²) in [6.07, 6.45) is -0.226. The molecule has 1 aliphatic rings. The summed E-state index contributed by atoms with van der Waals surface area (Å²) < 4.78 is 11.6. The molecule has 7 nitrogen and oxygen atoms in total.